The Morgan fingerprint density at radius 1 is 1.64 bits per heavy atom. The van der Waals surface area contributed by atoms with Crippen molar-refractivity contribution in [3.8, 4) is 0 Å². The van der Waals surface area contributed by atoms with Crippen molar-refractivity contribution >= 4 is 5.78 Å². The van der Waals surface area contributed by atoms with E-state index in [1.165, 1.54) is 0 Å². The molecule has 1 saturated carbocycles. The third-order valence-electron chi connectivity index (χ3n) is 2.50. The zero-order chi connectivity index (χ0) is 8.48. The lowest BCUT2D eigenvalue weighted by Crippen LogP contribution is -2.46. The van der Waals surface area contributed by atoms with Gasteiger partial charge in [-0.3, -0.25) is 4.79 Å². The second-order valence-corrected chi connectivity index (χ2v) is 3.73. The predicted molar refractivity (Wildman–Crippen MR) is 45.2 cm³/mol. The number of carbonyl (C=O) groups excluding carboxylic acids is 1. The summed E-state index contributed by atoms with van der Waals surface area (Å²) >= 11 is 0. The Morgan fingerprint density at radius 2 is 2.18 bits per heavy atom. The number of rotatable bonds is 4. The number of hydrogen-bond donors (Lipinski definition) is 1. The molecule has 0 heterocycles. The van der Waals surface area contributed by atoms with Crippen LogP contribution in [0.15, 0.2) is 0 Å². The summed E-state index contributed by atoms with van der Waals surface area (Å²) in [6.07, 6.45) is 3.84. The molecule has 1 unspecified atom stereocenters. The molecule has 1 aliphatic carbocycles. The maximum Gasteiger partial charge on any atom is 0.152 e. The maximum absolute atomic E-state index is 11.4. The minimum Gasteiger partial charge on any atom is -0.319 e. The van der Waals surface area contributed by atoms with Gasteiger partial charge in [-0.2, -0.15) is 0 Å². The molecule has 2 N–H and O–H groups in total. The maximum atomic E-state index is 11.4. The summed E-state index contributed by atoms with van der Waals surface area (Å²) in [4.78, 5) is 11.4. The van der Waals surface area contributed by atoms with Gasteiger partial charge in [0.25, 0.3) is 0 Å². The van der Waals surface area contributed by atoms with Crippen LogP contribution < -0.4 is 5.73 Å². The molecule has 1 aliphatic rings. The standard InChI is InChI=1S/C9H17NO/c1-3-4-8(11)9(2,10)7-5-6-7/h7H,3-6,10H2,1-2H3. The van der Waals surface area contributed by atoms with Crippen LogP contribution >= 0.6 is 0 Å². The third kappa shape index (κ3) is 1.80. The Hall–Kier alpha value is -0.370. The van der Waals surface area contributed by atoms with E-state index in [-0.39, 0.29) is 5.78 Å². The van der Waals surface area contributed by atoms with E-state index in [4.69, 9.17) is 5.73 Å². The van der Waals surface area contributed by atoms with Crippen molar-refractivity contribution in [3.05, 3.63) is 0 Å². The molecule has 0 bridgehead atoms. The minimum absolute atomic E-state index is 0.238. The Kier molecular flexibility index (Phi) is 2.33. The van der Waals surface area contributed by atoms with Gasteiger partial charge >= 0.3 is 0 Å². The summed E-state index contributed by atoms with van der Waals surface area (Å²) in [6.45, 7) is 3.89. The van der Waals surface area contributed by atoms with Gasteiger partial charge in [-0.05, 0) is 32.1 Å². The average Bonchev–Trinajstić information content (AvgIpc) is 2.68. The molecule has 0 aromatic carbocycles. The first-order valence-corrected chi connectivity index (χ1v) is 4.41. The highest BCUT2D eigenvalue weighted by Crippen LogP contribution is 2.38. The van der Waals surface area contributed by atoms with E-state index in [0.717, 1.165) is 19.3 Å². The molecule has 0 aliphatic heterocycles. The molecule has 2 heteroatoms. The molecule has 2 nitrogen and oxygen atoms in total. The lowest BCUT2D eigenvalue weighted by Gasteiger charge is -2.22. The van der Waals surface area contributed by atoms with E-state index in [1.807, 2.05) is 13.8 Å². The molecule has 0 aromatic rings. The average molecular weight is 155 g/mol. The largest absolute Gasteiger partial charge is 0.319 e. The number of nitrogens with two attached hydrogens (primary N) is 1. The zero-order valence-corrected chi connectivity index (χ0v) is 7.39. The van der Waals surface area contributed by atoms with Gasteiger partial charge < -0.3 is 5.73 Å². The number of Topliss-reactive ketones (excluding diaryl/α,β-unsaturated/α-hetero) is 1. The van der Waals surface area contributed by atoms with Crippen LogP contribution in [-0.4, -0.2) is 11.3 Å². The summed E-state index contributed by atoms with van der Waals surface area (Å²) in [5.74, 6) is 0.712. The predicted octanol–water partition coefficient (Wildman–Crippen LogP) is 1.48. The highest BCUT2D eigenvalue weighted by molar-refractivity contribution is 5.88. The SMILES string of the molecule is CCCC(=O)C(C)(N)C1CC1. The lowest BCUT2D eigenvalue weighted by atomic mass is 9.89. The van der Waals surface area contributed by atoms with Crippen molar-refractivity contribution in [1.29, 1.82) is 0 Å². The van der Waals surface area contributed by atoms with E-state index in [0.29, 0.717) is 12.3 Å². The van der Waals surface area contributed by atoms with Crippen LogP contribution in [-0.2, 0) is 4.79 Å². The van der Waals surface area contributed by atoms with Crippen molar-refractivity contribution < 1.29 is 4.79 Å². The van der Waals surface area contributed by atoms with Gasteiger partial charge in [-0.1, -0.05) is 6.92 Å². The van der Waals surface area contributed by atoms with Gasteiger partial charge in [0.05, 0.1) is 5.54 Å². The van der Waals surface area contributed by atoms with Gasteiger partial charge in [0, 0.05) is 6.42 Å². The van der Waals surface area contributed by atoms with Crippen LogP contribution in [0, 0.1) is 5.92 Å². The highest BCUT2D eigenvalue weighted by atomic mass is 16.1. The van der Waals surface area contributed by atoms with Crippen molar-refractivity contribution in [1.82, 2.24) is 0 Å². The summed E-state index contributed by atoms with van der Waals surface area (Å²) in [6, 6.07) is 0. The fourth-order valence-corrected chi connectivity index (χ4v) is 1.41. The monoisotopic (exact) mass is 155 g/mol. The first-order chi connectivity index (χ1) is 5.09. The second kappa shape index (κ2) is 2.94. The number of ketones is 1. The highest BCUT2D eigenvalue weighted by Gasteiger charge is 2.42. The van der Waals surface area contributed by atoms with E-state index in [9.17, 15) is 4.79 Å². The fourth-order valence-electron chi connectivity index (χ4n) is 1.41. The Balaban J connectivity index is 2.48. The van der Waals surface area contributed by atoms with Gasteiger partial charge in [0.2, 0.25) is 0 Å². The quantitative estimate of drug-likeness (QED) is 0.668. The number of hydrogen-bond acceptors (Lipinski definition) is 2. The molecule has 1 fully saturated rings. The third-order valence-corrected chi connectivity index (χ3v) is 2.50. The van der Waals surface area contributed by atoms with Crippen molar-refractivity contribution in [2.45, 2.75) is 45.1 Å². The Morgan fingerprint density at radius 3 is 2.55 bits per heavy atom. The van der Waals surface area contributed by atoms with Crippen molar-refractivity contribution in [2.24, 2.45) is 11.7 Å². The van der Waals surface area contributed by atoms with Gasteiger partial charge in [-0.25, -0.2) is 0 Å². The molecule has 0 saturated heterocycles. The van der Waals surface area contributed by atoms with Gasteiger partial charge in [-0.15, -0.1) is 0 Å². The molecule has 0 aromatic heterocycles. The van der Waals surface area contributed by atoms with Gasteiger partial charge in [0.1, 0.15) is 0 Å². The summed E-state index contributed by atoms with van der Waals surface area (Å²) in [5, 5.41) is 0. The Bertz CT molecular complexity index is 159. The molecule has 64 valence electrons. The van der Waals surface area contributed by atoms with Crippen LogP contribution in [0.25, 0.3) is 0 Å². The van der Waals surface area contributed by atoms with E-state index >= 15 is 0 Å². The Labute approximate surface area is 68.2 Å². The summed E-state index contributed by atoms with van der Waals surface area (Å²) in [7, 11) is 0. The minimum atomic E-state index is -0.518. The van der Waals surface area contributed by atoms with Gasteiger partial charge in [0.15, 0.2) is 5.78 Å². The molecule has 1 atom stereocenters. The zero-order valence-electron chi connectivity index (χ0n) is 7.39. The van der Waals surface area contributed by atoms with Crippen LogP contribution in [0.2, 0.25) is 0 Å². The van der Waals surface area contributed by atoms with E-state index in [1.54, 1.807) is 0 Å². The molecule has 1 rings (SSSR count). The molecule has 0 spiro atoms. The summed E-state index contributed by atoms with van der Waals surface area (Å²) in [5.41, 5.74) is 5.38. The molecule has 11 heavy (non-hydrogen) atoms. The lowest BCUT2D eigenvalue weighted by molar-refractivity contribution is -0.124. The fraction of sp³-hybridized carbons (Fsp3) is 0.889. The normalized spacial score (nSPS) is 22.8. The van der Waals surface area contributed by atoms with Crippen molar-refractivity contribution in [3.63, 3.8) is 0 Å². The van der Waals surface area contributed by atoms with Crippen LogP contribution in [0.4, 0.5) is 0 Å². The first kappa shape index (κ1) is 8.72. The van der Waals surface area contributed by atoms with Crippen LogP contribution in [0.1, 0.15) is 39.5 Å². The van der Waals surface area contributed by atoms with E-state index < -0.39 is 5.54 Å². The number of carbonyl (C=O) groups is 1. The first-order valence-electron chi connectivity index (χ1n) is 4.41. The molecular weight excluding hydrogens is 138 g/mol. The molecule has 0 radical (unpaired) electrons. The van der Waals surface area contributed by atoms with Crippen molar-refractivity contribution in [2.75, 3.05) is 0 Å². The molecule has 0 amide bonds. The topological polar surface area (TPSA) is 43.1 Å². The second-order valence-electron chi connectivity index (χ2n) is 3.73. The van der Waals surface area contributed by atoms with Crippen LogP contribution in [0.3, 0.4) is 0 Å². The smallest absolute Gasteiger partial charge is 0.152 e. The van der Waals surface area contributed by atoms with Crippen LogP contribution in [0.5, 0.6) is 0 Å². The van der Waals surface area contributed by atoms with E-state index in [2.05, 4.69) is 0 Å². The molecular formula is C9H17NO. The summed E-state index contributed by atoms with van der Waals surface area (Å²) < 4.78 is 0.